The largest absolute Gasteiger partial charge is 0.388 e. The van der Waals surface area contributed by atoms with Gasteiger partial charge in [0.1, 0.15) is 0 Å². The molecule has 3 unspecified atom stereocenters. The van der Waals surface area contributed by atoms with Gasteiger partial charge in [0.15, 0.2) is 0 Å². The highest BCUT2D eigenvalue weighted by molar-refractivity contribution is 9.10. The maximum Gasteiger partial charge on any atom is 0.0876 e. The van der Waals surface area contributed by atoms with Crippen LogP contribution in [0.1, 0.15) is 43.7 Å². The van der Waals surface area contributed by atoms with Crippen molar-refractivity contribution in [1.82, 2.24) is 0 Å². The molecule has 0 aliphatic heterocycles. The summed E-state index contributed by atoms with van der Waals surface area (Å²) in [4.78, 5) is 0. The van der Waals surface area contributed by atoms with Crippen molar-refractivity contribution in [3.05, 3.63) is 33.8 Å². The van der Waals surface area contributed by atoms with Crippen LogP contribution in [0.4, 0.5) is 0 Å². The molecule has 0 heterocycles. The fraction of sp³-hybridized carbons (Fsp3) is 0.588. The van der Waals surface area contributed by atoms with Gasteiger partial charge in [-0.15, -0.1) is 0 Å². The normalized spacial score (nSPS) is 36.4. The number of aryl methyl sites for hydroxylation is 1. The maximum atomic E-state index is 11.2. The lowest BCUT2D eigenvalue weighted by Gasteiger charge is -2.44. The first-order valence-corrected chi connectivity index (χ1v) is 8.18. The van der Waals surface area contributed by atoms with Gasteiger partial charge in [0.2, 0.25) is 0 Å². The lowest BCUT2D eigenvalue weighted by atomic mass is 9.63. The summed E-state index contributed by atoms with van der Waals surface area (Å²) in [5.41, 5.74) is 1.11. The molecule has 0 radical (unpaired) electrons. The van der Waals surface area contributed by atoms with Gasteiger partial charge in [0, 0.05) is 10.9 Å². The van der Waals surface area contributed by atoms with Crippen molar-refractivity contribution in [2.75, 3.05) is 0 Å². The van der Waals surface area contributed by atoms with Gasteiger partial charge in [0.05, 0.1) is 17.1 Å². The second-order valence-electron chi connectivity index (χ2n) is 6.66. The second kappa shape index (κ2) is 4.86. The SMILES string of the molecule is CC1CCC(C#N)(C2(O)CCc3cc(Br)ccc3C2)C1. The van der Waals surface area contributed by atoms with E-state index in [1.165, 1.54) is 11.1 Å². The molecule has 0 aromatic heterocycles. The number of halogens is 1. The summed E-state index contributed by atoms with van der Waals surface area (Å²) in [6.07, 6.45) is 4.93. The molecule has 0 spiro atoms. The van der Waals surface area contributed by atoms with Crippen molar-refractivity contribution in [2.24, 2.45) is 11.3 Å². The molecule has 0 amide bonds. The van der Waals surface area contributed by atoms with Crippen LogP contribution in [-0.2, 0) is 12.8 Å². The molecule has 20 heavy (non-hydrogen) atoms. The molecule has 2 aliphatic carbocycles. The van der Waals surface area contributed by atoms with Crippen LogP contribution in [0.5, 0.6) is 0 Å². The van der Waals surface area contributed by atoms with E-state index in [0.717, 1.165) is 30.2 Å². The molecule has 3 rings (SSSR count). The Labute approximate surface area is 128 Å². The van der Waals surface area contributed by atoms with E-state index in [-0.39, 0.29) is 0 Å². The standard InChI is InChI=1S/C17H20BrNO/c1-12-4-6-16(9-12,11-19)17(20)7-5-13-8-15(18)3-2-14(13)10-17/h2-3,8,12,20H,4-7,9-10H2,1H3. The van der Waals surface area contributed by atoms with Crippen molar-refractivity contribution in [3.63, 3.8) is 0 Å². The summed E-state index contributed by atoms with van der Waals surface area (Å²) in [7, 11) is 0. The minimum Gasteiger partial charge on any atom is -0.388 e. The third kappa shape index (κ3) is 2.10. The van der Waals surface area contributed by atoms with Gasteiger partial charge in [-0.25, -0.2) is 0 Å². The monoisotopic (exact) mass is 333 g/mol. The van der Waals surface area contributed by atoms with Crippen molar-refractivity contribution in [1.29, 1.82) is 5.26 Å². The molecule has 106 valence electrons. The molecule has 3 heteroatoms. The van der Waals surface area contributed by atoms with Crippen LogP contribution in [0.3, 0.4) is 0 Å². The number of fused-ring (bicyclic) bond motifs is 1. The summed E-state index contributed by atoms with van der Waals surface area (Å²) in [6, 6.07) is 8.76. The first-order valence-electron chi connectivity index (χ1n) is 7.39. The molecule has 1 fully saturated rings. The highest BCUT2D eigenvalue weighted by Crippen LogP contribution is 2.53. The van der Waals surface area contributed by atoms with Crippen molar-refractivity contribution >= 4 is 15.9 Å². The van der Waals surface area contributed by atoms with E-state index >= 15 is 0 Å². The molecule has 1 saturated carbocycles. The summed E-state index contributed by atoms with van der Waals surface area (Å²) in [5.74, 6) is 0.546. The van der Waals surface area contributed by atoms with Crippen molar-refractivity contribution < 1.29 is 5.11 Å². The Bertz CT molecular complexity index is 579. The molecule has 1 aromatic carbocycles. The fourth-order valence-electron chi connectivity index (χ4n) is 4.07. The van der Waals surface area contributed by atoms with Crippen LogP contribution in [-0.4, -0.2) is 10.7 Å². The predicted molar refractivity (Wildman–Crippen MR) is 82.2 cm³/mol. The second-order valence-corrected chi connectivity index (χ2v) is 7.58. The van der Waals surface area contributed by atoms with Crippen molar-refractivity contribution in [3.8, 4) is 6.07 Å². The lowest BCUT2D eigenvalue weighted by Crippen LogP contribution is -2.50. The number of hydrogen-bond donors (Lipinski definition) is 1. The van der Waals surface area contributed by atoms with Gasteiger partial charge >= 0.3 is 0 Å². The molecule has 2 aliphatic rings. The zero-order chi connectivity index (χ0) is 14.4. The number of nitriles is 1. The van der Waals surface area contributed by atoms with Crippen LogP contribution in [0.2, 0.25) is 0 Å². The number of aliphatic hydroxyl groups is 1. The molecule has 0 saturated heterocycles. The van der Waals surface area contributed by atoms with Crippen LogP contribution < -0.4 is 0 Å². The highest BCUT2D eigenvalue weighted by atomic mass is 79.9. The molecule has 1 N–H and O–H groups in total. The van der Waals surface area contributed by atoms with E-state index < -0.39 is 11.0 Å². The Kier molecular flexibility index (Phi) is 3.43. The third-order valence-corrected chi connectivity index (χ3v) is 5.82. The summed E-state index contributed by atoms with van der Waals surface area (Å²) in [6.45, 7) is 2.19. The molecular formula is C17H20BrNO. The van der Waals surface area contributed by atoms with Gasteiger partial charge in [-0.3, -0.25) is 0 Å². The van der Waals surface area contributed by atoms with Gasteiger partial charge in [-0.1, -0.05) is 28.9 Å². The van der Waals surface area contributed by atoms with E-state index in [1.807, 2.05) is 6.07 Å². The lowest BCUT2D eigenvalue weighted by molar-refractivity contribution is -0.0649. The quantitative estimate of drug-likeness (QED) is 0.844. The number of benzene rings is 1. The van der Waals surface area contributed by atoms with E-state index in [9.17, 15) is 10.4 Å². The summed E-state index contributed by atoms with van der Waals surface area (Å²) < 4.78 is 1.09. The maximum absolute atomic E-state index is 11.2. The van der Waals surface area contributed by atoms with E-state index in [0.29, 0.717) is 18.8 Å². The third-order valence-electron chi connectivity index (χ3n) is 5.32. The van der Waals surface area contributed by atoms with E-state index in [1.54, 1.807) is 0 Å². The number of rotatable bonds is 1. The zero-order valence-electron chi connectivity index (χ0n) is 11.8. The van der Waals surface area contributed by atoms with Gasteiger partial charge in [0.25, 0.3) is 0 Å². The van der Waals surface area contributed by atoms with Crippen LogP contribution in [0.25, 0.3) is 0 Å². The Morgan fingerprint density at radius 2 is 2.15 bits per heavy atom. The highest BCUT2D eigenvalue weighted by Gasteiger charge is 2.54. The van der Waals surface area contributed by atoms with Gasteiger partial charge in [-0.05, 0) is 61.3 Å². The predicted octanol–water partition coefficient (Wildman–Crippen LogP) is 4.00. The Morgan fingerprint density at radius 3 is 2.80 bits per heavy atom. The molecule has 2 nitrogen and oxygen atoms in total. The molecule has 0 bridgehead atoms. The van der Waals surface area contributed by atoms with Crippen LogP contribution in [0.15, 0.2) is 22.7 Å². The number of nitrogens with zero attached hydrogens (tertiary/aromatic N) is 1. The fourth-order valence-corrected chi connectivity index (χ4v) is 4.48. The van der Waals surface area contributed by atoms with E-state index in [4.69, 9.17) is 0 Å². The minimum atomic E-state index is -0.854. The summed E-state index contributed by atoms with van der Waals surface area (Å²) in [5, 5.41) is 20.9. The topological polar surface area (TPSA) is 44.0 Å². The van der Waals surface area contributed by atoms with Crippen molar-refractivity contribution in [2.45, 2.75) is 51.0 Å². The molecule has 3 atom stereocenters. The average molecular weight is 334 g/mol. The first kappa shape index (κ1) is 14.1. The Morgan fingerprint density at radius 1 is 1.35 bits per heavy atom. The number of hydrogen-bond acceptors (Lipinski definition) is 2. The molecular weight excluding hydrogens is 314 g/mol. The Hall–Kier alpha value is -0.850. The summed E-state index contributed by atoms with van der Waals surface area (Å²) >= 11 is 3.50. The van der Waals surface area contributed by atoms with Crippen LogP contribution >= 0.6 is 15.9 Å². The average Bonchev–Trinajstić information content (AvgIpc) is 2.83. The molecule has 1 aromatic rings. The van der Waals surface area contributed by atoms with Crippen LogP contribution in [0, 0.1) is 22.7 Å². The Balaban J connectivity index is 1.95. The van der Waals surface area contributed by atoms with Gasteiger partial charge < -0.3 is 5.11 Å². The van der Waals surface area contributed by atoms with E-state index in [2.05, 4.69) is 41.1 Å². The zero-order valence-corrected chi connectivity index (χ0v) is 13.4. The minimum absolute atomic E-state index is 0.544. The first-order chi connectivity index (χ1) is 9.48. The smallest absolute Gasteiger partial charge is 0.0876 e. The van der Waals surface area contributed by atoms with Gasteiger partial charge in [-0.2, -0.15) is 5.26 Å².